The predicted octanol–water partition coefficient (Wildman–Crippen LogP) is 4.82. The molecule has 2 aromatic carbocycles. The van der Waals surface area contributed by atoms with Crippen LogP contribution >= 0.6 is 11.3 Å². The van der Waals surface area contributed by atoms with Gasteiger partial charge in [-0.25, -0.2) is 0 Å². The number of carbonyl (C=O) groups excluding carboxylic acids is 2. The number of benzene rings is 2. The average molecular weight is 448 g/mol. The van der Waals surface area contributed by atoms with Gasteiger partial charge in [0.2, 0.25) is 5.91 Å². The van der Waals surface area contributed by atoms with Crippen LogP contribution < -0.4 is 5.32 Å². The van der Waals surface area contributed by atoms with E-state index in [0.717, 1.165) is 13.0 Å². The molecule has 1 N–H and O–H groups in total. The SMILES string of the molecule is CCN(CC)C(=O)c1cccc(NC(=O)CN2CCc3sccc3[C@H]2c2ccccc2)c1. The Bertz CT molecular complexity index is 1080. The third kappa shape index (κ3) is 4.76. The number of hydrogen-bond acceptors (Lipinski definition) is 4. The fourth-order valence-corrected chi connectivity index (χ4v) is 5.28. The van der Waals surface area contributed by atoms with Crippen molar-refractivity contribution in [2.75, 3.05) is 31.5 Å². The van der Waals surface area contributed by atoms with E-state index in [0.29, 0.717) is 30.9 Å². The summed E-state index contributed by atoms with van der Waals surface area (Å²) in [6.45, 7) is 6.38. The molecule has 1 atom stereocenters. The highest BCUT2D eigenvalue weighted by Gasteiger charge is 2.30. The zero-order valence-corrected chi connectivity index (χ0v) is 19.4. The normalized spacial score (nSPS) is 15.8. The Morgan fingerprint density at radius 1 is 1.06 bits per heavy atom. The maximum Gasteiger partial charge on any atom is 0.253 e. The summed E-state index contributed by atoms with van der Waals surface area (Å²) in [6.07, 6.45) is 0.956. The van der Waals surface area contributed by atoms with Gasteiger partial charge in [0.15, 0.2) is 0 Å². The smallest absolute Gasteiger partial charge is 0.253 e. The summed E-state index contributed by atoms with van der Waals surface area (Å²) in [4.78, 5) is 31.1. The number of rotatable bonds is 7. The molecular formula is C26H29N3O2S. The van der Waals surface area contributed by atoms with Gasteiger partial charge in [-0.1, -0.05) is 36.4 Å². The van der Waals surface area contributed by atoms with Gasteiger partial charge in [0.1, 0.15) is 0 Å². The number of thiophene rings is 1. The highest BCUT2D eigenvalue weighted by Crippen LogP contribution is 2.37. The Labute approximate surface area is 193 Å². The number of fused-ring (bicyclic) bond motifs is 1. The van der Waals surface area contributed by atoms with Gasteiger partial charge < -0.3 is 10.2 Å². The summed E-state index contributed by atoms with van der Waals surface area (Å²) in [5.74, 6) is -0.0895. The number of carbonyl (C=O) groups is 2. The highest BCUT2D eigenvalue weighted by atomic mass is 32.1. The van der Waals surface area contributed by atoms with Crippen LogP contribution in [0.25, 0.3) is 0 Å². The topological polar surface area (TPSA) is 52.7 Å². The van der Waals surface area contributed by atoms with E-state index in [-0.39, 0.29) is 17.9 Å². The van der Waals surface area contributed by atoms with Gasteiger partial charge in [-0.2, -0.15) is 0 Å². The molecule has 0 aliphatic carbocycles. The first-order chi connectivity index (χ1) is 15.6. The number of nitrogens with one attached hydrogen (secondary N) is 1. The monoisotopic (exact) mass is 447 g/mol. The molecule has 5 nitrogen and oxygen atoms in total. The minimum Gasteiger partial charge on any atom is -0.339 e. The van der Waals surface area contributed by atoms with Gasteiger partial charge in [-0.15, -0.1) is 11.3 Å². The second kappa shape index (κ2) is 10.1. The Kier molecular flexibility index (Phi) is 7.02. The standard InChI is InChI=1S/C26H29N3O2S/c1-3-28(4-2)26(31)20-11-8-12-21(17-20)27-24(30)18-29-15-13-23-22(14-16-32-23)25(29)19-9-6-5-7-10-19/h5-12,14,16-17,25H,3-4,13,15,18H2,1-2H3,(H,27,30)/t25-/m1/s1. The van der Waals surface area contributed by atoms with Crippen LogP contribution in [0.5, 0.6) is 0 Å². The molecular weight excluding hydrogens is 418 g/mol. The number of amides is 2. The lowest BCUT2D eigenvalue weighted by Crippen LogP contribution is -2.40. The molecule has 166 valence electrons. The van der Waals surface area contributed by atoms with Crippen molar-refractivity contribution in [3.05, 3.63) is 87.6 Å². The summed E-state index contributed by atoms with van der Waals surface area (Å²) >= 11 is 1.79. The van der Waals surface area contributed by atoms with Crippen molar-refractivity contribution < 1.29 is 9.59 Å². The fraction of sp³-hybridized carbons (Fsp3) is 0.308. The summed E-state index contributed by atoms with van der Waals surface area (Å²) in [5, 5.41) is 5.14. The van der Waals surface area contributed by atoms with Crippen LogP contribution in [0, 0.1) is 0 Å². The van der Waals surface area contributed by atoms with Crippen molar-refractivity contribution in [2.24, 2.45) is 0 Å². The second-order valence-electron chi connectivity index (χ2n) is 7.94. The van der Waals surface area contributed by atoms with Crippen molar-refractivity contribution >= 4 is 28.8 Å². The van der Waals surface area contributed by atoms with Crippen molar-refractivity contribution in [3.63, 3.8) is 0 Å². The first kappa shape index (κ1) is 22.2. The minimum atomic E-state index is -0.0722. The quantitative estimate of drug-likeness (QED) is 0.565. The summed E-state index contributed by atoms with van der Waals surface area (Å²) in [6, 6.07) is 19.8. The molecule has 32 heavy (non-hydrogen) atoms. The molecule has 0 saturated carbocycles. The van der Waals surface area contributed by atoms with Crippen LogP contribution in [0.2, 0.25) is 0 Å². The molecule has 3 aromatic rings. The average Bonchev–Trinajstić information content (AvgIpc) is 3.29. The van der Waals surface area contributed by atoms with Crippen LogP contribution in [0.15, 0.2) is 66.0 Å². The fourth-order valence-electron chi connectivity index (χ4n) is 4.37. The van der Waals surface area contributed by atoms with E-state index < -0.39 is 0 Å². The Hall–Kier alpha value is -2.96. The Balaban J connectivity index is 1.49. The van der Waals surface area contributed by atoms with Gasteiger partial charge in [0, 0.05) is 35.8 Å². The minimum absolute atomic E-state index is 0.0174. The van der Waals surface area contributed by atoms with Crippen LogP contribution in [-0.4, -0.2) is 47.8 Å². The van der Waals surface area contributed by atoms with Crippen LogP contribution in [0.3, 0.4) is 0 Å². The van der Waals surface area contributed by atoms with E-state index >= 15 is 0 Å². The van der Waals surface area contributed by atoms with Gasteiger partial charge in [0.25, 0.3) is 5.91 Å². The molecule has 0 bridgehead atoms. The molecule has 6 heteroatoms. The Morgan fingerprint density at radius 2 is 1.84 bits per heavy atom. The third-order valence-corrected chi connectivity index (χ3v) is 6.97. The van der Waals surface area contributed by atoms with Crippen molar-refractivity contribution in [1.29, 1.82) is 0 Å². The molecule has 2 amide bonds. The Morgan fingerprint density at radius 3 is 2.59 bits per heavy atom. The van der Waals surface area contributed by atoms with Crippen molar-refractivity contribution in [2.45, 2.75) is 26.3 Å². The largest absolute Gasteiger partial charge is 0.339 e. The van der Waals surface area contributed by atoms with Gasteiger partial charge in [-0.05, 0) is 61.0 Å². The van der Waals surface area contributed by atoms with Crippen molar-refractivity contribution in [1.82, 2.24) is 9.80 Å². The second-order valence-corrected chi connectivity index (χ2v) is 8.94. The molecule has 1 aliphatic rings. The van der Waals surface area contributed by atoms with Gasteiger partial charge in [0.05, 0.1) is 12.6 Å². The van der Waals surface area contributed by atoms with E-state index in [9.17, 15) is 9.59 Å². The molecule has 1 aliphatic heterocycles. The molecule has 0 spiro atoms. The van der Waals surface area contributed by atoms with Crippen LogP contribution in [0.1, 0.15) is 46.3 Å². The van der Waals surface area contributed by atoms with Crippen LogP contribution in [0.4, 0.5) is 5.69 Å². The van der Waals surface area contributed by atoms with Crippen LogP contribution in [-0.2, 0) is 11.2 Å². The predicted molar refractivity (Wildman–Crippen MR) is 130 cm³/mol. The summed E-state index contributed by atoms with van der Waals surface area (Å²) in [5.41, 5.74) is 3.74. The number of anilines is 1. The van der Waals surface area contributed by atoms with E-state index in [1.54, 1.807) is 28.4 Å². The van der Waals surface area contributed by atoms with E-state index in [4.69, 9.17) is 0 Å². The summed E-state index contributed by atoms with van der Waals surface area (Å²) < 4.78 is 0. The summed E-state index contributed by atoms with van der Waals surface area (Å²) in [7, 11) is 0. The number of hydrogen-bond donors (Lipinski definition) is 1. The lowest BCUT2D eigenvalue weighted by atomic mass is 9.93. The molecule has 0 radical (unpaired) electrons. The molecule has 1 aromatic heterocycles. The van der Waals surface area contributed by atoms with Crippen molar-refractivity contribution in [3.8, 4) is 0 Å². The molecule has 0 fully saturated rings. The van der Waals surface area contributed by atoms with E-state index in [1.165, 1.54) is 16.0 Å². The molecule has 4 rings (SSSR count). The lowest BCUT2D eigenvalue weighted by Gasteiger charge is -2.35. The maximum atomic E-state index is 13.0. The molecule has 0 unspecified atom stereocenters. The lowest BCUT2D eigenvalue weighted by molar-refractivity contribution is -0.117. The third-order valence-electron chi connectivity index (χ3n) is 5.97. The first-order valence-corrected chi connectivity index (χ1v) is 12.0. The first-order valence-electron chi connectivity index (χ1n) is 11.1. The maximum absolute atomic E-state index is 13.0. The molecule has 0 saturated heterocycles. The van der Waals surface area contributed by atoms with E-state index in [1.807, 2.05) is 44.2 Å². The molecule has 2 heterocycles. The highest BCUT2D eigenvalue weighted by molar-refractivity contribution is 7.10. The van der Waals surface area contributed by atoms with Gasteiger partial charge in [-0.3, -0.25) is 14.5 Å². The zero-order valence-electron chi connectivity index (χ0n) is 18.6. The zero-order chi connectivity index (χ0) is 22.5. The van der Waals surface area contributed by atoms with Gasteiger partial charge >= 0.3 is 0 Å². The van der Waals surface area contributed by atoms with E-state index in [2.05, 4.69) is 33.8 Å². The number of nitrogens with zero attached hydrogens (tertiary/aromatic N) is 2.